The van der Waals surface area contributed by atoms with Crippen LogP contribution < -0.4 is 15.4 Å². The summed E-state index contributed by atoms with van der Waals surface area (Å²) in [5.41, 5.74) is 0.638. The minimum absolute atomic E-state index is 0.00207. The summed E-state index contributed by atoms with van der Waals surface area (Å²) in [5, 5.41) is 5.96. The van der Waals surface area contributed by atoms with Crippen molar-refractivity contribution >= 4 is 11.6 Å². The molecule has 0 spiro atoms. The van der Waals surface area contributed by atoms with Gasteiger partial charge in [-0.3, -0.25) is 4.79 Å². The number of anilines is 1. The maximum absolute atomic E-state index is 11.8. The number of amides is 1. The van der Waals surface area contributed by atoms with E-state index >= 15 is 0 Å². The molecule has 0 aromatic heterocycles. The van der Waals surface area contributed by atoms with Gasteiger partial charge in [0.2, 0.25) is 5.91 Å². The molecule has 6 nitrogen and oxygen atoms in total. The van der Waals surface area contributed by atoms with Gasteiger partial charge < -0.3 is 24.8 Å². The summed E-state index contributed by atoms with van der Waals surface area (Å²) in [6.07, 6.45) is 0.0165. The zero-order valence-electron chi connectivity index (χ0n) is 11.6. The number of morpholine rings is 1. The Kier molecular flexibility index (Phi) is 5.79. The van der Waals surface area contributed by atoms with Crippen LogP contribution >= 0.6 is 0 Å². The molecule has 6 heteroatoms. The molecule has 110 valence electrons. The second-order valence-electron chi connectivity index (χ2n) is 4.46. The number of rotatable bonds is 6. The number of para-hydroxylation sites is 2. The number of nitrogens with one attached hydrogen (secondary N) is 2. The van der Waals surface area contributed by atoms with Crippen LogP contribution in [0.3, 0.4) is 0 Å². The third-order valence-electron chi connectivity index (χ3n) is 2.92. The third kappa shape index (κ3) is 4.48. The molecule has 0 radical (unpaired) electrons. The number of ether oxygens (including phenoxy) is 3. The predicted molar refractivity (Wildman–Crippen MR) is 75.1 cm³/mol. The summed E-state index contributed by atoms with van der Waals surface area (Å²) in [5.74, 6) is 0.416. The van der Waals surface area contributed by atoms with Crippen molar-refractivity contribution in [2.24, 2.45) is 0 Å². The van der Waals surface area contributed by atoms with E-state index in [-0.39, 0.29) is 18.6 Å². The molecule has 20 heavy (non-hydrogen) atoms. The zero-order valence-corrected chi connectivity index (χ0v) is 11.6. The van der Waals surface area contributed by atoms with Crippen LogP contribution in [0, 0.1) is 0 Å². The van der Waals surface area contributed by atoms with Crippen molar-refractivity contribution in [3.63, 3.8) is 0 Å². The molecule has 0 aliphatic carbocycles. The zero-order chi connectivity index (χ0) is 14.2. The molecule has 1 aromatic rings. The summed E-state index contributed by atoms with van der Waals surface area (Å²) in [6, 6.07) is 7.25. The predicted octanol–water partition coefficient (Wildman–Crippen LogP) is 0.639. The Bertz CT molecular complexity index is 433. The van der Waals surface area contributed by atoms with E-state index < -0.39 is 0 Å². The molecule has 1 fully saturated rings. The van der Waals surface area contributed by atoms with E-state index in [9.17, 15) is 4.79 Å². The van der Waals surface area contributed by atoms with Gasteiger partial charge in [0.15, 0.2) is 0 Å². The van der Waals surface area contributed by atoms with Gasteiger partial charge in [0.25, 0.3) is 0 Å². The fourth-order valence-corrected chi connectivity index (χ4v) is 1.94. The molecule has 1 atom stereocenters. The van der Waals surface area contributed by atoms with E-state index in [1.165, 1.54) is 0 Å². The van der Waals surface area contributed by atoms with Crippen LogP contribution in [0.2, 0.25) is 0 Å². The Morgan fingerprint density at radius 3 is 3.10 bits per heavy atom. The molecular weight excluding hydrogens is 260 g/mol. The average Bonchev–Trinajstić information content (AvgIpc) is 2.49. The topological polar surface area (TPSA) is 68.8 Å². The SMILES string of the molecule is COc1ccccc1NC(=O)COCC1CNCCO1. The number of carbonyl (C=O) groups is 1. The van der Waals surface area contributed by atoms with Crippen LogP contribution in [0.5, 0.6) is 5.75 Å². The normalized spacial score (nSPS) is 18.6. The minimum Gasteiger partial charge on any atom is -0.495 e. The summed E-state index contributed by atoms with van der Waals surface area (Å²) in [7, 11) is 1.56. The van der Waals surface area contributed by atoms with E-state index in [0.29, 0.717) is 24.7 Å². The van der Waals surface area contributed by atoms with Crippen LogP contribution in [0.25, 0.3) is 0 Å². The number of methoxy groups -OCH3 is 1. The average molecular weight is 280 g/mol. The first-order valence-corrected chi connectivity index (χ1v) is 6.62. The molecule has 0 saturated carbocycles. The van der Waals surface area contributed by atoms with E-state index in [2.05, 4.69) is 10.6 Å². The Hall–Kier alpha value is -1.63. The summed E-state index contributed by atoms with van der Waals surface area (Å²) < 4.78 is 16.0. The third-order valence-corrected chi connectivity index (χ3v) is 2.92. The summed E-state index contributed by atoms with van der Waals surface area (Å²) >= 11 is 0. The van der Waals surface area contributed by atoms with Crippen molar-refractivity contribution in [3.8, 4) is 5.75 Å². The van der Waals surface area contributed by atoms with Gasteiger partial charge in [-0.25, -0.2) is 0 Å². The van der Waals surface area contributed by atoms with Crippen molar-refractivity contribution in [1.82, 2.24) is 5.32 Å². The smallest absolute Gasteiger partial charge is 0.250 e. The molecule has 0 bridgehead atoms. The highest BCUT2D eigenvalue weighted by atomic mass is 16.5. The Balaban J connectivity index is 1.72. The molecule has 1 amide bonds. The van der Waals surface area contributed by atoms with Crippen LogP contribution in [-0.2, 0) is 14.3 Å². The second-order valence-corrected chi connectivity index (χ2v) is 4.46. The first kappa shape index (κ1) is 14.8. The maximum atomic E-state index is 11.8. The lowest BCUT2D eigenvalue weighted by Gasteiger charge is -2.23. The Morgan fingerprint density at radius 2 is 2.35 bits per heavy atom. The van der Waals surface area contributed by atoms with Gasteiger partial charge in [-0.05, 0) is 12.1 Å². The lowest BCUT2D eigenvalue weighted by molar-refractivity contribution is -0.122. The fraction of sp³-hybridized carbons (Fsp3) is 0.500. The molecule has 1 heterocycles. The van der Waals surface area contributed by atoms with E-state index in [4.69, 9.17) is 14.2 Å². The number of hydrogen-bond donors (Lipinski definition) is 2. The summed E-state index contributed by atoms with van der Waals surface area (Å²) in [4.78, 5) is 11.8. The van der Waals surface area contributed by atoms with Crippen molar-refractivity contribution in [3.05, 3.63) is 24.3 Å². The molecule has 1 unspecified atom stereocenters. The van der Waals surface area contributed by atoms with Crippen molar-refractivity contribution in [2.75, 3.05) is 45.3 Å². The van der Waals surface area contributed by atoms with Gasteiger partial charge in [-0.1, -0.05) is 12.1 Å². The molecule has 1 aliphatic heterocycles. The van der Waals surface area contributed by atoms with Gasteiger partial charge in [-0.2, -0.15) is 0 Å². The number of carbonyl (C=O) groups excluding carboxylic acids is 1. The number of hydrogen-bond acceptors (Lipinski definition) is 5. The van der Waals surface area contributed by atoms with Gasteiger partial charge in [0, 0.05) is 13.1 Å². The standard InChI is InChI=1S/C14H20N2O4/c1-18-13-5-3-2-4-12(13)16-14(17)10-19-9-11-8-15-6-7-20-11/h2-5,11,15H,6-10H2,1H3,(H,16,17). The van der Waals surface area contributed by atoms with Crippen LogP contribution in [0.4, 0.5) is 5.69 Å². The largest absolute Gasteiger partial charge is 0.495 e. The quantitative estimate of drug-likeness (QED) is 0.800. The lowest BCUT2D eigenvalue weighted by atomic mass is 10.3. The van der Waals surface area contributed by atoms with E-state index in [1.807, 2.05) is 12.1 Å². The number of benzene rings is 1. The first-order valence-electron chi connectivity index (χ1n) is 6.62. The fourth-order valence-electron chi connectivity index (χ4n) is 1.94. The molecule has 1 aromatic carbocycles. The van der Waals surface area contributed by atoms with Gasteiger partial charge >= 0.3 is 0 Å². The van der Waals surface area contributed by atoms with Crippen molar-refractivity contribution in [2.45, 2.75) is 6.10 Å². The molecular formula is C14H20N2O4. The molecule has 2 rings (SSSR count). The monoisotopic (exact) mass is 280 g/mol. The van der Waals surface area contributed by atoms with E-state index in [1.54, 1.807) is 19.2 Å². The van der Waals surface area contributed by atoms with Crippen molar-refractivity contribution in [1.29, 1.82) is 0 Å². The van der Waals surface area contributed by atoms with Gasteiger partial charge in [-0.15, -0.1) is 0 Å². The van der Waals surface area contributed by atoms with Crippen molar-refractivity contribution < 1.29 is 19.0 Å². The Labute approximate surface area is 118 Å². The van der Waals surface area contributed by atoms with Gasteiger partial charge in [0.05, 0.1) is 32.1 Å². The molecule has 1 aliphatic rings. The van der Waals surface area contributed by atoms with E-state index in [0.717, 1.165) is 13.1 Å². The lowest BCUT2D eigenvalue weighted by Crippen LogP contribution is -2.41. The van der Waals surface area contributed by atoms with Gasteiger partial charge in [0.1, 0.15) is 12.4 Å². The second kappa shape index (κ2) is 7.84. The molecule has 1 saturated heterocycles. The highest BCUT2D eigenvalue weighted by Crippen LogP contribution is 2.22. The summed E-state index contributed by atoms with van der Waals surface area (Å²) in [6.45, 7) is 2.71. The maximum Gasteiger partial charge on any atom is 0.250 e. The Morgan fingerprint density at radius 1 is 1.50 bits per heavy atom. The minimum atomic E-state index is -0.210. The van der Waals surface area contributed by atoms with Crippen LogP contribution in [0.15, 0.2) is 24.3 Å². The highest BCUT2D eigenvalue weighted by molar-refractivity contribution is 5.93. The highest BCUT2D eigenvalue weighted by Gasteiger charge is 2.14. The molecule has 2 N–H and O–H groups in total. The first-order chi connectivity index (χ1) is 9.79. The van der Waals surface area contributed by atoms with Crippen LogP contribution in [0.1, 0.15) is 0 Å². The van der Waals surface area contributed by atoms with Crippen LogP contribution in [-0.4, -0.2) is 52.0 Å².